The maximum absolute atomic E-state index is 13.1. The molecular formula is C28H23F3N4O4. The molecule has 0 saturated heterocycles. The van der Waals surface area contributed by atoms with Crippen molar-refractivity contribution in [1.29, 1.82) is 5.26 Å². The summed E-state index contributed by atoms with van der Waals surface area (Å²) in [6.45, 7) is 3.10. The Morgan fingerprint density at radius 3 is 2.38 bits per heavy atom. The van der Waals surface area contributed by atoms with Gasteiger partial charge in [-0.15, -0.1) is 0 Å². The lowest BCUT2D eigenvalue weighted by Gasteiger charge is -2.21. The van der Waals surface area contributed by atoms with Gasteiger partial charge in [-0.25, -0.2) is 9.78 Å². The molecule has 0 atom stereocenters. The zero-order chi connectivity index (χ0) is 28.4. The predicted octanol–water partition coefficient (Wildman–Crippen LogP) is 5.90. The van der Waals surface area contributed by atoms with Crippen LogP contribution >= 0.6 is 0 Å². The van der Waals surface area contributed by atoms with E-state index >= 15 is 0 Å². The van der Waals surface area contributed by atoms with Gasteiger partial charge in [0.15, 0.2) is 0 Å². The number of aromatic nitrogens is 2. The van der Waals surface area contributed by atoms with Gasteiger partial charge < -0.3 is 19.3 Å². The summed E-state index contributed by atoms with van der Waals surface area (Å²) in [5, 5.41) is 16.6. The Hall–Kier alpha value is -5.11. The van der Waals surface area contributed by atoms with Crippen molar-refractivity contribution in [2.24, 2.45) is 0 Å². The lowest BCUT2D eigenvalue weighted by Crippen LogP contribution is -2.30. The Morgan fingerprint density at radius 2 is 1.79 bits per heavy atom. The average Bonchev–Trinajstić information content (AvgIpc) is 3.43. The number of hydrogen-bond acceptors (Lipinski definition) is 5. The minimum absolute atomic E-state index is 0.112. The second-order valence-corrected chi connectivity index (χ2v) is 8.00. The molecule has 1 amide bonds. The van der Waals surface area contributed by atoms with Crippen molar-refractivity contribution in [3.63, 3.8) is 0 Å². The van der Waals surface area contributed by atoms with Crippen LogP contribution in [-0.2, 0) is 11.3 Å². The number of para-hydroxylation sites is 1. The van der Waals surface area contributed by atoms with E-state index in [1.165, 1.54) is 0 Å². The van der Waals surface area contributed by atoms with Crippen molar-refractivity contribution in [3.05, 3.63) is 108 Å². The number of ether oxygens (including phenoxy) is 1. The first-order chi connectivity index (χ1) is 18.6. The van der Waals surface area contributed by atoms with E-state index in [9.17, 15) is 23.2 Å². The third kappa shape index (κ3) is 7.93. The molecule has 0 aliphatic carbocycles. The quantitative estimate of drug-likeness (QED) is 0.315. The summed E-state index contributed by atoms with van der Waals surface area (Å²) in [6, 6.07) is 24.2. The van der Waals surface area contributed by atoms with Crippen LogP contribution in [-0.4, -0.2) is 39.3 Å². The number of rotatable bonds is 7. The Bertz CT molecular complexity index is 1450. The minimum atomic E-state index is -5.08. The van der Waals surface area contributed by atoms with E-state index in [2.05, 4.69) is 11.1 Å². The predicted molar refractivity (Wildman–Crippen MR) is 136 cm³/mol. The van der Waals surface area contributed by atoms with Crippen LogP contribution in [0, 0.1) is 11.3 Å². The number of carbonyl (C=O) groups excluding carboxylic acids is 1. The van der Waals surface area contributed by atoms with Crippen molar-refractivity contribution in [2.75, 3.05) is 11.4 Å². The van der Waals surface area contributed by atoms with Crippen LogP contribution in [0.4, 0.5) is 18.9 Å². The zero-order valence-electron chi connectivity index (χ0n) is 20.7. The molecule has 0 aliphatic heterocycles. The molecule has 0 radical (unpaired) electrons. The highest BCUT2D eigenvalue weighted by Gasteiger charge is 2.38. The summed E-state index contributed by atoms with van der Waals surface area (Å²) in [4.78, 5) is 27.8. The van der Waals surface area contributed by atoms with Crippen LogP contribution in [0.2, 0.25) is 0 Å². The number of halogens is 3. The number of hydrogen-bond donors (Lipinski definition) is 1. The number of aliphatic carboxylic acids is 1. The van der Waals surface area contributed by atoms with Crippen molar-refractivity contribution < 1.29 is 32.6 Å². The highest BCUT2D eigenvalue weighted by atomic mass is 19.4. The Morgan fingerprint density at radius 1 is 1.08 bits per heavy atom. The maximum Gasteiger partial charge on any atom is 0.490 e. The van der Waals surface area contributed by atoms with Crippen molar-refractivity contribution in [3.8, 4) is 17.6 Å². The highest BCUT2D eigenvalue weighted by molar-refractivity contribution is 6.06. The number of alkyl halides is 3. The number of carboxylic acid groups (broad SMARTS) is 1. The number of amides is 1. The monoisotopic (exact) mass is 536 g/mol. The van der Waals surface area contributed by atoms with Gasteiger partial charge in [0.2, 0.25) is 0 Å². The van der Waals surface area contributed by atoms with Gasteiger partial charge in [0, 0.05) is 36.7 Å². The summed E-state index contributed by atoms with van der Waals surface area (Å²) in [5.41, 5.74) is 2.76. The molecule has 0 aliphatic rings. The van der Waals surface area contributed by atoms with E-state index in [4.69, 9.17) is 14.6 Å². The molecule has 11 heteroatoms. The van der Waals surface area contributed by atoms with Gasteiger partial charge >= 0.3 is 12.1 Å². The summed E-state index contributed by atoms with van der Waals surface area (Å²) in [5.74, 6) is -1.92. The second kappa shape index (κ2) is 12.9. The number of nitriles is 1. The molecule has 1 aromatic heterocycles. The smallest absolute Gasteiger partial charge is 0.475 e. The number of carboxylic acids is 1. The molecule has 0 fully saturated rings. The molecule has 0 spiro atoms. The van der Waals surface area contributed by atoms with Crippen LogP contribution in [0.3, 0.4) is 0 Å². The van der Waals surface area contributed by atoms with Crippen molar-refractivity contribution >= 4 is 17.6 Å². The van der Waals surface area contributed by atoms with Crippen LogP contribution in [0.15, 0.2) is 91.5 Å². The lowest BCUT2D eigenvalue weighted by atomic mass is 10.1. The molecule has 8 nitrogen and oxygen atoms in total. The van der Waals surface area contributed by atoms with E-state index in [0.29, 0.717) is 35.7 Å². The van der Waals surface area contributed by atoms with Crippen molar-refractivity contribution in [2.45, 2.75) is 19.6 Å². The highest BCUT2D eigenvalue weighted by Crippen LogP contribution is 2.28. The fourth-order valence-electron chi connectivity index (χ4n) is 3.46. The fraction of sp³-hybridized carbons (Fsp3) is 0.143. The summed E-state index contributed by atoms with van der Waals surface area (Å²) >= 11 is 0. The molecule has 39 heavy (non-hydrogen) atoms. The Balaban J connectivity index is 0.000000532. The first kappa shape index (κ1) is 28.5. The standard InChI is InChI=1S/C26H22N4O2.C2HF3O2/c1-2-30(23-8-4-3-5-9-23)26(31)21-7-6-10-24(16-21)32-25-15-20(11-12-22(25)17-27)18-29-14-13-28-19-29;3-2(4,5)1(6)7/h3-16,19H,2,18H2,1H3;(H,6,7). The van der Waals surface area contributed by atoms with Crippen LogP contribution in [0.25, 0.3) is 0 Å². The van der Waals surface area contributed by atoms with Gasteiger partial charge in [0.05, 0.1) is 11.9 Å². The van der Waals surface area contributed by atoms with Gasteiger partial charge in [-0.05, 0) is 55.0 Å². The number of nitrogens with zero attached hydrogens (tertiary/aromatic N) is 4. The van der Waals surface area contributed by atoms with E-state index in [-0.39, 0.29) is 5.91 Å². The van der Waals surface area contributed by atoms with Gasteiger partial charge in [-0.1, -0.05) is 30.3 Å². The summed E-state index contributed by atoms with van der Waals surface area (Å²) in [7, 11) is 0. The molecule has 0 saturated carbocycles. The summed E-state index contributed by atoms with van der Waals surface area (Å²) < 4.78 is 39.7. The summed E-state index contributed by atoms with van der Waals surface area (Å²) in [6.07, 6.45) is 0.249. The number of imidazole rings is 1. The average molecular weight is 537 g/mol. The van der Waals surface area contributed by atoms with E-state index < -0.39 is 12.1 Å². The Kier molecular flexibility index (Phi) is 9.43. The molecule has 4 aromatic rings. The van der Waals surface area contributed by atoms with Gasteiger partial charge in [-0.2, -0.15) is 18.4 Å². The van der Waals surface area contributed by atoms with Crippen molar-refractivity contribution in [1.82, 2.24) is 9.55 Å². The van der Waals surface area contributed by atoms with Crippen LogP contribution in [0.1, 0.15) is 28.4 Å². The number of anilines is 1. The van der Waals surface area contributed by atoms with E-state index in [1.807, 2.05) is 60.2 Å². The number of carbonyl (C=O) groups is 2. The molecule has 200 valence electrons. The second-order valence-electron chi connectivity index (χ2n) is 8.00. The topological polar surface area (TPSA) is 108 Å². The van der Waals surface area contributed by atoms with Crippen LogP contribution in [0.5, 0.6) is 11.5 Å². The molecule has 1 heterocycles. The molecular weight excluding hydrogens is 513 g/mol. The van der Waals surface area contributed by atoms with Gasteiger partial charge in [-0.3, -0.25) is 4.79 Å². The molecule has 4 rings (SSSR count). The molecule has 1 N–H and O–H groups in total. The van der Waals surface area contributed by atoms with Crippen LogP contribution < -0.4 is 9.64 Å². The minimum Gasteiger partial charge on any atom is -0.475 e. The molecule has 0 bridgehead atoms. The first-order valence-corrected chi connectivity index (χ1v) is 11.6. The van der Waals surface area contributed by atoms with Gasteiger partial charge in [0.25, 0.3) is 5.91 Å². The number of benzene rings is 3. The third-order valence-corrected chi connectivity index (χ3v) is 5.27. The zero-order valence-corrected chi connectivity index (χ0v) is 20.7. The van der Waals surface area contributed by atoms with E-state index in [0.717, 1.165) is 11.3 Å². The largest absolute Gasteiger partial charge is 0.490 e. The normalized spacial score (nSPS) is 10.5. The molecule has 0 unspecified atom stereocenters. The molecule has 3 aromatic carbocycles. The maximum atomic E-state index is 13.1. The lowest BCUT2D eigenvalue weighted by molar-refractivity contribution is -0.192. The Labute approximate surface area is 222 Å². The van der Waals surface area contributed by atoms with Gasteiger partial charge in [0.1, 0.15) is 17.6 Å². The first-order valence-electron chi connectivity index (χ1n) is 11.6. The SMILES string of the molecule is CCN(C(=O)c1cccc(Oc2cc(Cn3ccnc3)ccc2C#N)c1)c1ccccc1.O=C(O)C(F)(F)F. The fourth-order valence-corrected chi connectivity index (χ4v) is 3.46. The van der Waals surface area contributed by atoms with E-state index in [1.54, 1.807) is 47.8 Å². The third-order valence-electron chi connectivity index (χ3n) is 5.27.